The van der Waals surface area contributed by atoms with Gasteiger partial charge in [0.25, 0.3) is 0 Å². The molecular formula is C10H15NO4. The molecular weight excluding hydrogens is 198 g/mol. The van der Waals surface area contributed by atoms with E-state index in [4.69, 9.17) is 0 Å². The summed E-state index contributed by atoms with van der Waals surface area (Å²) >= 11 is 0. The molecule has 5 nitrogen and oxygen atoms in total. The Kier molecular flexibility index (Phi) is 1.60. The van der Waals surface area contributed by atoms with Crippen LogP contribution in [-0.4, -0.2) is 32.9 Å². The Morgan fingerprint density at radius 1 is 1.27 bits per heavy atom. The predicted molar refractivity (Wildman–Crippen MR) is 50.7 cm³/mol. The maximum atomic E-state index is 10.5. The Hall–Kier alpha value is -0.680. The second-order valence-electron chi connectivity index (χ2n) is 5.40. The highest BCUT2D eigenvalue weighted by Crippen LogP contribution is 2.68. The van der Waals surface area contributed by atoms with Gasteiger partial charge in [-0.3, -0.25) is 10.1 Å². The summed E-state index contributed by atoms with van der Waals surface area (Å²) in [6.45, 7) is -0.352. The molecule has 3 aliphatic rings. The molecule has 3 saturated carbocycles. The van der Waals surface area contributed by atoms with Gasteiger partial charge in [0.2, 0.25) is 6.54 Å². The highest BCUT2D eigenvalue weighted by molar-refractivity contribution is 5.22. The van der Waals surface area contributed by atoms with Crippen LogP contribution in [0.4, 0.5) is 0 Å². The number of rotatable bonds is 2. The molecule has 0 bridgehead atoms. The van der Waals surface area contributed by atoms with E-state index >= 15 is 0 Å². The third-order valence-electron chi connectivity index (χ3n) is 4.93. The number of hydrogen-bond acceptors (Lipinski definition) is 4. The second-order valence-corrected chi connectivity index (χ2v) is 5.40. The molecule has 5 heteroatoms. The Balaban J connectivity index is 1.88. The molecule has 2 unspecified atom stereocenters. The minimum atomic E-state index is -1.13. The minimum Gasteiger partial charge on any atom is -0.390 e. The van der Waals surface area contributed by atoms with Crippen LogP contribution in [0, 0.1) is 27.9 Å². The Morgan fingerprint density at radius 2 is 1.80 bits per heavy atom. The smallest absolute Gasteiger partial charge is 0.232 e. The van der Waals surface area contributed by atoms with E-state index in [-0.39, 0.29) is 24.3 Å². The van der Waals surface area contributed by atoms with Gasteiger partial charge in [-0.15, -0.1) is 0 Å². The maximum absolute atomic E-state index is 10.5. The normalized spacial score (nSPS) is 56.3. The van der Waals surface area contributed by atoms with Crippen LogP contribution in [0.2, 0.25) is 0 Å². The van der Waals surface area contributed by atoms with Crippen molar-refractivity contribution in [3.8, 4) is 0 Å². The molecule has 0 aromatic heterocycles. The summed E-state index contributed by atoms with van der Waals surface area (Å²) in [7, 11) is 0. The van der Waals surface area contributed by atoms with Crippen molar-refractivity contribution in [3.63, 3.8) is 0 Å². The predicted octanol–water partition coefficient (Wildman–Crippen LogP) is 0.175. The molecule has 0 saturated heterocycles. The van der Waals surface area contributed by atoms with Gasteiger partial charge < -0.3 is 10.2 Å². The van der Waals surface area contributed by atoms with Crippen LogP contribution in [0.15, 0.2) is 0 Å². The van der Waals surface area contributed by atoms with Gasteiger partial charge in [-0.05, 0) is 31.6 Å². The first-order valence-electron chi connectivity index (χ1n) is 5.54. The monoisotopic (exact) mass is 213 g/mol. The summed E-state index contributed by atoms with van der Waals surface area (Å²) in [5.74, 6) is 0.0447. The number of hydrogen-bond donors (Lipinski definition) is 2. The second kappa shape index (κ2) is 2.52. The van der Waals surface area contributed by atoms with Gasteiger partial charge in [0.1, 0.15) is 5.60 Å². The molecule has 0 amide bonds. The van der Waals surface area contributed by atoms with Gasteiger partial charge in [-0.1, -0.05) is 0 Å². The van der Waals surface area contributed by atoms with E-state index in [2.05, 4.69) is 0 Å². The summed E-state index contributed by atoms with van der Waals surface area (Å²) in [5, 5.41) is 31.1. The van der Waals surface area contributed by atoms with E-state index in [1.807, 2.05) is 0 Å². The zero-order valence-corrected chi connectivity index (χ0v) is 8.43. The average Bonchev–Trinajstić information content (AvgIpc) is 2.53. The van der Waals surface area contributed by atoms with E-state index in [1.54, 1.807) is 0 Å². The van der Waals surface area contributed by atoms with Crippen molar-refractivity contribution in [3.05, 3.63) is 10.1 Å². The lowest BCUT2D eigenvalue weighted by atomic mass is 9.55. The zero-order chi connectivity index (χ0) is 10.8. The van der Waals surface area contributed by atoms with Crippen molar-refractivity contribution >= 4 is 0 Å². The Bertz CT molecular complexity index is 313. The molecule has 0 aromatic carbocycles. The van der Waals surface area contributed by atoms with E-state index in [0.29, 0.717) is 12.8 Å². The van der Waals surface area contributed by atoms with E-state index in [0.717, 1.165) is 12.8 Å². The van der Waals surface area contributed by atoms with Crippen LogP contribution in [0.3, 0.4) is 0 Å². The molecule has 3 rings (SSSR count). The van der Waals surface area contributed by atoms with Crippen molar-refractivity contribution in [1.82, 2.24) is 0 Å². The van der Waals surface area contributed by atoms with Gasteiger partial charge in [0.15, 0.2) is 0 Å². The highest BCUT2D eigenvalue weighted by atomic mass is 16.6. The maximum Gasteiger partial charge on any atom is 0.232 e. The van der Waals surface area contributed by atoms with Crippen LogP contribution < -0.4 is 0 Å². The lowest BCUT2D eigenvalue weighted by Crippen LogP contribution is -2.64. The van der Waals surface area contributed by atoms with Gasteiger partial charge in [-0.2, -0.15) is 0 Å². The average molecular weight is 213 g/mol. The molecule has 0 radical (unpaired) electrons. The molecule has 3 fully saturated rings. The Morgan fingerprint density at radius 3 is 2.27 bits per heavy atom. The van der Waals surface area contributed by atoms with Gasteiger partial charge in [0, 0.05) is 16.8 Å². The molecule has 3 aliphatic carbocycles. The molecule has 5 atom stereocenters. The van der Waals surface area contributed by atoms with Gasteiger partial charge >= 0.3 is 0 Å². The van der Waals surface area contributed by atoms with Crippen LogP contribution in [0.1, 0.15) is 25.7 Å². The molecule has 15 heavy (non-hydrogen) atoms. The van der Waals surface area contributed by atoms with E-state index in [1.165, 1.54) is 0 Å². The van der Waals surface area contributed by atoms with Gasteiger partial charge in [0.05, 0.1) is 5.60 Å². The van der Waals surface area contributed by atoms with E-state index < -0.39 is 16.1 Å². The molecule has 2 N–H and O–H groups in total. The van der Waals surface area contributed by atoms with Crippen LogP contribution >= 0.6 is 0 Å². The molecule has 84 valence electrons. The van der Waals surface area contributed by atoms with Crippen molar-refractivity contribution < 1.29 is 15.1 Å². The standard InChI is InChI=1S/C10H15NO4/c12-9-3-1-6-8(9)7(2-4-9)10(6,13)5-11(14)15/h6-8,12-13H,1-5H2/t6-,7+,8+,9?,10?. The lowest BCUT2D eigenvalue weighted by molar-refractivity contribution is -0.516. The van der Waals surface area contributed by atoms with E-state index in [9.17, 15) is 20.3 Å². The lowest BCUT2D eigenvalue weighted by Gasteiger charge is -2.52. The summed E-state index contributed by atoms with van der Waals surface area (Å²) in [6, 6.07) is 0. The summed E-state index contributed by atoms with van der Waals surface area (Å²) in [4.78, 5) is 10.1. The fourth-order valence-corrected chi connectivity index (χ4v) is 4.38. The topological polar surface area (TPSA) is 83.6 Å². The summed E-state index contributed by atoms with van der Waals surface area (Å²) in [6.07, 6.45) is 2.89. The first kappa shape index (κ1) is 9.54. The van der Waals surface area contributed by atoms with Crippen molar-refractivity contribution in [2.45, 2.75) is 36.9 Å². The number of aliphatic hydroxyl groups is 2. The SMILES string of the molecule is O=[N+]([O-])CC1(O)[C@@H]2CCC3(O)CC[C@H]1[C@H]23. The zero-order valence-electron chi connectivity index (χ0n) is 8.43. The molecule has 0 heterocycles. The summed E-state index contributed by atoms with van der Waals surface area (Å²) in [5.41, 5.74) is -1.74. The Labute approximate surface area is 87.2 Å². The number of nitro groups is 1. The molecule has 0 aliphatic heterocycles. The fourth-order valence-electron chi connectivity index (χ4n) is 4.38. The summed E-state index contributed by atoms with van der Waals surface area (Å²) < 4.78 is 0. The van der Waals surface area contributed by atoms with Crippen molar-refractivity contribution in [2.24, 2.45) is 17.8 Å². The first-order valence-corrected chi connectivity index (χ1v) is 5.54. The van der Waals surface area contributed by atoms with Gasteiger partial charge in [-0.25, -0.2) is 0 Å². The number of nitrogens with zero attached hydrogens (tertiary/aromatic N) is 1. The van der Waals surface area contributed by atoms with Crippen LogP contribution in [0.25, 0.3) is 0 Å². The minimum absolute atomic E-state index is 0.0413. The van der Waals surface area contributed by atoms with Crippen LogP contribution in [0.5, 0.6) is 0 Å². The van der Waals surface area contributed by atoms with Crippen molar-refractivity contribution in [2.75, 3.05) is 6.54 Å². The first-order chi connectivity index (χ1) is 6.97. The van der Waals surface area contributed by atoms with Crippen LogP contribution in [-0.2, 0) is 0 Å². The third kappa shape index (κ3) is 0.953. The quantitative estimate of drug-likeness (QED) is 0.506. The largest absolute Gasteiger partial charge is 0.390 e. The molecule has 0 aromatic rings. The van der Waals surface area contributed by atoms with Crippen molar-refractivity contribution in [1.29, 1.82) is 0 Å². The fraction of sp³-hybridized carbons (Fsp3) is 1.00. The highest BCUT2D eigenvalue weighted by Gasteiger charge is 2.74. The molecule has 0 spiro atoms. The third-order valence-corrected chi connectivity index (χ3v) is 4.93.